The Morgan fingerprint density at radius 3 is 2.64 bits per heavy atom. The van der Waals surface area contributed by atoms with Crippen LogP contribution in [-0.2, 0) is 0 Å². The predicted octanol–water partition coefficient (Wildman–Crippen LogP) is 3.14. The third-order valence-corrected chi connectivity index (χ3v) is 2.58. The van der Waals surface area contributed by atoms with Gasteiger partial charge in [0.05, 0.1) is 16.7 Å². The number of para-hydroxylation sites is 2. The van der Waals surface area contributed by atoms with Gasteiger partial charge in [0.2, 0.25) is 0 Å². The second kappa shape index (κ2) is 3.74. The lowest BCUT2D eigenvalue weighted by Gasteiger charge is -2.07. The van der Waals surface area contributed by atoms with Gasteiger partial charge in [0.1, 0.15) is 0 Å². The molecule has 0 amide bonds. The summed E-state index contributed by atoms with van der Waals surface area (Å²) in [5.74, 6) is 0.493. The number of benzene rings is 1. The lowest BCUT2D eigenvalue weighted by Crippen LogP contribution is -1.97. The Labute approximate surface area is 84.0 Å². The Hall–Kier alpha value is -1.44. The topological polar surface area (TPSA) is 25.8 Å². The van der Waals surface area contributed by atoms with E-state index in [1.807, 2.05) is 30.5 Å². The van der Waals surface area contributed by atoms with Crippen molar-refractivity contribution < 1.29 is 0 Å². The molecule has 1 heterocycles. The van der Waals surface area contributed by atoms with E-state index in [0.29, 0.717) is 5.92 Å². The Morgan fingerprint density at radius 1 is 1.21 bits per heavy atom. The minimum Gasteiger partial charge on any atom is -0.253 e. The summed E-state index contributed by atoms with van der Waals surface area (Å²) in [7, 11) is 0. The molecule has 0 unspecified atom stereocenters. The average molecular weight is 186 g/mol. The largest absolute Gasteiger partial charge is 0.253 e. The van der Waals surface area contributed by atoms with Gasteiger partial charge in [0, 0.05) is 6.20 Å². The van der Waals surface area contributed by atoms with Gasteiger partial charge < -0.3 is 0 Å². The van der Waals surface area contributed by atoms with E-state index >= 15 is 0 Å². The third kappa shape index (κ3) is 1.60. The van der Waals surface area contributed by atoms with Gasteiger partial charge in [-0.15, -0.1) is 0 Å². The first kappa shape index (κ1) is 9.13. The van der Waals surface area contributed by atoms with Crippen molar-refractivity contribution in [2.75, 3.05) is 0 Å². The molecule has 2 aromatic rings. The van der Waals surface area contributed by atoms with E-state index in [4.69, 9.17) is 0 Å². The smallest absolute Gasteiger partial charge is 0.0890 e. The van der Waals surface area contributed by atoms with Crippen molar-refractivity contribution in [1.82, 2.24) is 9.97 Å². The van der Waals surface area contributed by atoms with E-state index in [2.05, 4.69) is 23.8 Å². The summed E-state index contributed by atoms with van der Waals surface area (Å²) in [4.78, 5) is 8.97. The van der Waals surface area contributed by atoms with Crippen molar-refractivity contribution in [3.63, 3.8) is 0 Å². The fourth-order valence-electron chi connectivity index (χ4n) is 1.42. The van der Waals surface area contributed by atoms with Crippen molar-refractivity contribution in [2.45, 2.75) is 26.2 Å². The quantitative estimate of drug-likeness (QED) is 0.720. The molecule has 72 valence electrons. The SMILES string of the molecule is CC[C@@H](C)c1cnc2ccccc2n1. The Bertz CT molecular complexity index is 437. The van der Waals surface area contributed by atoms with Gasteiger partial charge in [-0.1, -0.05) is 26.0 Å². The summed E-state index contributed by atoms with van der Waals surface area (Å²) in [6.45, 7) is 4.35. The molecule has 0 saturated heterocycles. The standard InChI is InChI=1S/C12H14N2/c1-3-9(2)12-8-13-10-6-4-5-7-11(10)14-12/h4-9H,3H2,1-2H3/t9-/m1/s1. The van der Waals surface area contributed by atoms with Crippen LogP contribution in [0.2, 0.25) is 0 Å². The van der Waals surface area contributed by atoms with E-state index in [1.165, 1.54) is 0 Å². The van der Waals surface area contributed by atoms with Crippen molar-refractivity contribution in [3.8, 4) is 0 Å². The van der Waals surface area contributed by atoms with E-state index in [1.54, 1.807) is 0 Å². The first-order valence-electron chi connectivity index (χ1n) is 5.03. The van der Waals surface area contributed by atoms with Crippen LogP contribution in [0, 0.1) is 0 Å². The predicted molar refractivity (Wildman–Crippen MR) is 58.2 cm³/mol. The number of nitrogens with zero attached hydrogens (tertiary/aromatic N) is 2. The van der Waals surface area contributed by atoms with E-state index in [-0.39, 0.29) is 0 Å². The highest BCUT2D eigenvalue weighted by Crippen LogP contribution is 2.17. The Morgan fingerprint density at radius 2 is 1.93 bits per heavy atom. The highest BCUT2D eigenvalue weighted by Gasteiger charge is 2.05. The second-order valence-corrected chi connectivity index (χ2v) is 3.59. The van der Waals surface area contributed by atoms with Crippen LogP contribution in [0.5, 0.6) is 0 Å². The molecule has 1 atom stereocenters. The van der Waals surface area contributed by atoms with Gasteiger partial charge in [-0.05, 0) is 24.5 Å². The maximum Gasteiger partial charge on any atom is 0.0890 e. The zero-order valence-corrected chi connectivity index (χ0v) is 8.57. The van der Waals surface area contributed by atoms with Crippen molar-refractivity contribution in [1.29, 1.82) is 0 Å². The zero-order valence-electron chi connectivity index (χ0n) is 8.57. The molecule has 0 radical (unpaired) electrons. The van der Waals surface area contributed by atoms with Crippen LogP contribution in [0.4, 0.5) is 0 Å². The third-order valence-electron chi connectivity index (χ3n) is 2.58. The number of hydrogen-bond donors (Lipinski definition) is 0. The molecule has 0 aliphatic rings. The summed E-state index contributed by atoms with van der Waals surface area (Å²) in [5, 5.41) is 0. The monoisotopic (exact) mass is 186 g/mol. The van der Waals surface area contributed by atoms with Gasteiger partial charge in [0.25, 0.3) is 0 Å². The molecule has 2 rings (SSSR count). The fraction of sp³-hybridized carbons (Fsp3) is 0.333. The molecule has 0 bridgehead atoms. The Balaban J connectivity index is 2.51. The summed E-state index contributed by atoms with van der Waals surface area (Å²) in [6.07, 6.45) is 2.99. The molecular weight excluding hydrogens is 172 g/mol. The molecule has 14 heavy (non-hydrogen) atoms. The Kier molecular flexibility index (Phi) is 2.44. The fourth-order valence-corrected chi connectivity index (χ4v) is 1.42. The summed E-state index contributed by atoms with van der Waals surface area (Å²) in [5.41, 5.74) is 3.05. The summed E-state index contributed by atoms with van der Waals surface area (Å²) < 4.78 is 0. The molecule has 1 aromatic carbocycles. The van der Waals surface area contributed by atoms with Crippen LogP contribution in [-0.4, -0.2) is 9.97 Å². The van der Waals surface area contributed by atoms with Crippen LogP contribution in [0.3, 0.4) is 0 Å². The number of rotatable bonds is 2. The molecule has 1 aromatic heterocycles. The summed E-state index contributed by atoms with van der Waals surface area (Å²) >= 11 is 0. The highest BCUT2D eigenvalue weighted by atomic mass is 14.8. The molecule has 2 nitrogen and oxygen atoms in total. The van der Waals surface area contributed by atoms with Crippen molar-refractivity contribution >= 4 is 11.0 Å². The zero-order chi connectivity index (χ0) is 9.97. The molecule has 0 saturated carbocycles. The molecule has 0 aliphatic carbocycles. The molecule has 0 spiro atoms. The van der Waals surface area contributed by atoms with Crippen LogP contribution in [0.1, 0.15) is 31.9 Å². The van der Waals surface area contributed by atoms with E-state index in [9.17, 15) is 0 Å². The second-order valence-electron chi connectivity index (χ2n) is 3.59. The molecule has 0 fully saturated rings. The summed E-state index contributed by atoms with van der Waals surface area (Å²) in [6, 6.07) is 7.98. The van der Waals surface area contributed by atoms with Crippen molar-refractivity contribution in [2.24, 2.45) is 0 Å². The number of aromatic nitrogens is 2. The maximum absolute atomic E-state index is 4.58. The molecular formula is C12H14N2. The van der Waals surface area contributed by atoms with Gasteiger partial charge in [-0.2, -0.15) is 0 Å². The number of fused-ring (bicyclic) bond motifs is 1. The van der Waals surface area contributed by atoms with Gasteiger partial charge in [0.15, 0.2) is 0 Å². The first-order chi connectivity index (χ1) is 6.81. The molecule has 0 N–H and O–H groups in total. The van der Waals surface area contributed by atoms with Gasteiger partial charge >= 0.3 is 0 Å². The van der Waals surface area contributed by atoms with Gasteiger partial charge in [-0.3, -0.25) is 4.98 Å². The maximum atomic E-state index is 4.58. The van der Waals surface area contributed by atoms with Crippen LogP contribution >= 0.6 is 0 Å². The number of hydrogen-bond acceptors (Lipinski definition) is 2. The first-order valence-corrected chi connectivity index (χ1v) is 5.03. The van der Waals surface area contributed by atoms with Crippen LogP contribution in [0.25, 0.3) is 11.0 Å². The normalized spacial score (nSPS) is 13.0. The van der Waals surface area contributed by atoms with Gasteiger partial charge in [-0.25, -0.2) is 4.98 Å². The van der Waals surface area contributed by atoms with E-state index in [0.717, 1.165) is 23.1 Å². The van der Waals surface area contributed by atoms with Crippen LogP contribution in [0.15, 0.2) is 30.5 Å². The van der Waals surface area contributed by atoms with Crippen LogP contribution < -0.4 is 0 Å². The molecule has 0 aliphatic heterocycles. The van der Waals surface area contributed by atoms with E-state index < -0.39 is 0 Å². The highest BCUT2D eigenvalue weighted by molar-refractivity contribution is 5.73. The van der Waals surface area contributed by atoms with Crippen molar-refractivity contribution in [3.05, 3.63) is 36.2 Å². The lowest BCUT2D eigenvalue weighted by molar-refractivity contribution is 0.708. The minimum absolute atomic E-state index is 0.493. The lowest BCUT2D eigenvalue weighted by atomic mass is 10.1. The minimum atomic E-state index is 0.493. The molecule has 2 heteroatoms. The average Bonchev–Trinajstić information content (AvgIpc) is 2.27.